The number of unbranched alkanes of at least 4 members (excludes halogenated alkanes) is 2. The number of nitrogens with zero attached hydrogens (tertiary/aromatic N) is 1. The minimum Gasteiger partial charge on any atom is -0.465 e. The van der Waals surface area contributed by atoms with E-state index in [0.717, 1.165) is 5.56 Å². The van der Waals surface area contributed by atoms with Crippen molar-refractivity contribution in [2.24, 2.45) is 0 Å². The van der Waals surface area contributed by atoms with Gasteiger partial charge in [0.1, 0.15) is 4.32 Å². The van der Waals surface area contributed by atoms with Crippen molar-refractivity contribution in [2.75, 3.05) is 13.7 Å². The van der Waals surface area contributed by atoms with Crippen LogP contribution in [0.1, 0.15) is 41.6 Å². The van der Waals surface area contributed by atoms with Crippen molar-refractivity contribution in [3.05, 3.63) is 70.6 Å². The van der Waals surface area contributed by atoms with E-state index >= 15 is 0 Å². The first-order valence-electron chi connectivity index (χ1n) is 11.0. The summed E-state index contributed by atoms with van der Waals surface area (Å²) < 4.78 is 29.4. The lowest BCUT2D eigenvalue weighted by molar-refractivity contribution is -0.123. The van der Waals surface area contributed by atoms with Gasteiger partial charge < -0.3 is 4.74 Å². The SMILES string of the molecule is COC(=O)c1ccc(/C=C2\SC(=S)N(CCCCCC(=O)NNS(=O)(=O)c3ccccc3)C2=O)cc1. The fourth-order valence-corrected chi connectivity index (χ4v) is 5.44. The van der Waals surface area contributed by atoms with Gasteiger partial charge in [-0.15, -0.1) is 4.83 Å². The predicted octanol–water partition coefficient (Wildman–Crippen LogP) is 3.24. The van der Waals surface area contributed by atoms with Crippen LogP contribution < -0.4 is 10.3 Å². The molecular weight excluding hydrogens is 522 g/mol. The number of hydrogen-bond donors (Lipinski definition) is 2. The number of hydrogen-bond acceptors (Lipinski definition) is 8. The van der Waals surface area contributed by atoms with Gasteiger partial charge >= 0.3 is 5.97 Å². The van der Waals surface area contributed by atoms with Crippen LogP contribution in [0.4, 0.5) is 0 Å². The molecule has 0 atom stereocenters. The number of sulfonamides is 1. The summed E-state index contributed by atoms with van der Waals surface area (Å²) in [6, 6.07) is 14.4. The van der Waals surface area contributed by atoms with Crippen LogP contribution in [0.3, 0.4) is 0 Å². The quantitative estimate of drug-likeness (QED) is 0.145. The van der Waals surface area contributed by atoms with Gasteiger partial charge in [0.25, 0.3) is 15.9 Å². The van der Waals surface area contributed by atoms with Gasteiger partial charge in [-0.1, -0.05) is 60.7 Å². The summed E-state index contributed by atoms with van der Waals surface area (Å²) in [5.41, 5.74) is 3.39. The molecule has 0 bridgehead atoms. The number of nitrogens with one attached hydrogen (secondary N) is 2. The Balaban J connectivity index is 1.40. The fourth-order valence-electron chi connectivity index (χ4n) is 3.25. The highest BCUT2D eigenvalue weighted by Gasteiger charge is 2.31. The molecule has 1 heterocycles. The van der Waals surface area contributed by atoms with Gasteiger partial charge in [-0.05, 0) is 48.7 Å². The number of methoxy groups -OCH3 is 1. The van der Waals surface area contributed by atoms with Crippen molar-refractivity contribution in [2.45, 2.75) is 30.6 Å². The second-order valence-corrected chi connectivity index (χ2v) is 11.1. The highest BCUT2D eigenvalue weighted by atomic mass is 32.2. The summed E-state index contributed by atoms with van der Waals surface area (Å²) in [5, 5.41) is 0. The molecule has 0 aromatic heterocycles. The van der Waals surface area contributed by atoms with Gasteiger partial charge in [0.2, 0.25) is 5.91 Å². The van der Waals surface area contributed by atoms with Gasteiger partial charge in [0, 0.05) is 13.0 Å². The van der Waals surface area contributed by atoms with Crippen LogP contribution in [0, 0.1) is 0 Å². The van der Waals surface area contributed by atoms with Crippen LogP contribution in [0.15, 0.2) is 64.4 Å². The Labute approximate surface area is 219 Å². The molecule has 0 aliphatic carbocycles. The normalized spacial score (nSPS) is 14.8. The van der Waals surface area contributed by atoms with E-state index in [0.29, 0.717) is 40.6 Å². The number of esters is 1. The summed E-state index contributed by atoms with van der Waals surface area (Å²) in [6.07, 6.45) is 3.68. The third-order valence-electron chi connectivity index (χ3n) is 5.17. The summed E-state index contributed by atoms with van der Waals surface area (Å²) in [6.45, 7) is 0.422. The van der Waals surface area contributed by atoms with E-state index in [1.807, 2.05) is 0 Å². The van der Waals surface area contributed by atoms with E-state index in [-0.39, 0.29) is 17.2 Å². The number of thiocarbonyl (C=S) groups is 1. The summed E-state index contributed by atoms with van der Waals surface area (Å²) in [5.74, 6) is -1.06. The fraction of sp³-hybridized carbons (Fsp3) is 0.250. The Hall–Kier alpha value is -3.06. The minimum absolute atomic E-state index is 0.0565. The van der Waals surface area contributed by atoms with Crippen molar-refractivity contribution in [3.8, 4) is 0 Å². The molecule has 190 valence electrons. The van der Waals surface area contributed by atoms with E-state index < -0.39 is 21.9 Å². The second kappa shape index (κ2) is 12.8. The van der Waals surface area contributed by atoms with Crippen molar-refractivity contribution < 1.29 is 27.5 Å². The standard InChI is InChI=1S/C24H25N3O6S3/c1-33-23(30)18-13-11-17(12-14-18)16-20-22(29)27(24(34)35-20)15-7-3-6-10-21(28)25-26-36(31,32)19-8-4-2-5-9-19/h2,4-5,8-9,11-14,16,26H,3,6-7,10,15H2,1H3,(H,25,28)/b20-16-. The van der Waals surface area contributed by atoms with Crippen LogP contribution in [0.5, 0.6) is 0 Å². The number of carbonyl (C=O) groups is 3. The molecule has 1 saturated heterocycles. The first kappa shape index (κ1) is 27.5. The summed E-state index contributed by atoms with van der Waals surface area (Å²) >= 11 is 6.56. The van der Waals surface area contributed by atoms with E-state index in [4.69, 9.17) is 12.2 Å². The second-order valence-electron chi connectivity index (χ2n) is 7.72. The van der Waals surface area contributed by atoms with E-state index in [1.54, 1.807) is 48.5 Å². The molecule has 0 radical (unpaired) electrons. The molecule has 2 amide bonds. The molecule has 2 aromatic carbocycles. The molecule has 1 aliphatic heterocycles. The Morgan fingerprint density at radius 1 is 1.06 bits per heavy atom. The van der Waals surface area contributed by atoms with Crippen molar-refractivity contribution in [1.29, 1.82) is 0 Å². The van der Waals surface area contributed by atoms with Crippen molar-refractivity contribution >= 4 is 62.2 Å². The highest BCUT2D eigenvalue weighted by molar-refractivity contribution is 8.26. The minimum atomic E-state index is -3.82. The zero-order valence-corrected chi connectivity index (χ0v) is 21.9. The average Bonchev–Trinajstić information content (AvgIpc) is 3.15. The number of amides is 2. The number of carbonyl (C=O) groups excluding carboxylic acids is 3. The molecule has 3 rings (SSSR count). The van der Waals surface area contributed by atoms with Gasteiger partial charge in [0.15, 0.2) is 0 Å². The van der Waals surface area contributed by atoms with Gasteiger partial charge in [-0.25, -0.2) is 13.2 Å². The Morgan fingerprint density at radius 2 is 1.75 bits per heavy atom. The van der Waals surface area contributed by atoms with Crippen LogP contribution in [-0.2, 0) is 24.3 Å². The Morgan fingerprint density at radius 3 is 2.42 bits per heavy atom. The molecular formula is C24H25N3O6S3. The van der Waals surface area contributed by atoms with Gasteiger partial charge in [-0.2, -0.15) is 0 Å². The van der Waals surface area contributed by atoms with E-state index in [9.17, 15) is 22.8 Å². The van der Waals surface area contributed by atoms with Crippen LogP contribution in [-0.4, -0.2) is 49.1 Å². The summed E-state index contributed by atoms with van der Waals surface area (Å²) in [7, 11) is -2.50. The van der Waals surface area contributed by atoms with Crippen LogP contribution in [0.25, 0.3) is 6.08 Å². The largest absolute Gasteiger partial charge is 0.465 e. The van der Waals surface area contributed by atoms with Crippen LogP contribution >= 0.6 is 24.0 Å². The highest BCUT2D eigenvalue weighted by Crippen LogP contribution is 2.32. The Kier molecular flexibility index (Phi) is 9.76. The molecule has 2 aromatic rings. The lowest BCUT2D eigenvalue weighted by atomic mass is 10.1. The molecule has 0 unspecified atom stereocenters. The van der Waals surface area contributed by atoms with Gasteiger partial charge in [0.05, 0.1) is 22.5 Å². The van der Waals surface area contributed by atoms with Crippen molar-refractivity contribution in [1.82, 2.24) is 15.2 Å². The maximum Gasteiger partial charge on any atom is 0.337 e. The predicted molar refractivity (Wildman–Crippen MR) is 141 cm³/mol. The zero-order valence-electron chi connectivity index (χ0n) is 19.4. The third-order valence-corrected chi connectivity index (χ3v) is 7.81. The zero-order chi connectivity index (χ0) is 26.1. The number of thioether (sulfide) groups is 1. The maximum absolute atomic E-state index is 12.8. The molecule has 2 N–H and O–H groups in total. The van der Waals surface area contributed by atoms with Gasteiger partial charge in [-0.3, -0.25) is 19.9 Å². The smallest absolute Gasteiger partial charge is 0.337 e. The molecule has 1 fully saturated rings. The first-order valence-corrected chi connectivity index (χ1v) is 13.7. The van der Waals surface area contributed by atoms with E-state index in [2.05, 4.69) is 15.0 Å². The number of hydrazine groups is 1. The maximum atomic E-state index is 12.8. The Bertz CT molecular complexity index is 1260. The van der Waals surface area contributed by atoms with Crippen LogP contribution in [0.2, 0.25) is 0 Å². The molecule has 12 heteroatoms. The monoisotopic (exact) mass is 547 g/mol. The third kappa shape index (κ3) is 7.47. The number of rotatable bonds is 11. The molecule has 0 spiro atoms. The first-order chi connectivity index (χ1) is 17.2. The topological polar surface area (TPSA) is 122 Å². The van der Waals surface area contributed by atoms with Crippen molar-refractivity contribution in [3.63, 3.8) is 0 Å². The summed E-state index contributed by atoms with van der Waals surface area (Å²) in [4.78, 5) is 40.4. The average molecular weight is 548 g/mol. The molecule has 1 aliphatic rings. The van der Waals surface area contributed by atoms with E-state index in [1.165, 1.54) is 35.9 Å². The number of benzene rings is 2. The lowest BCUT2D eigenvalue weighted by Crippen LogP contribution is -2.41. The molecule has 0 saturated carbocycles. The number of ether oxygens (including phenoxy) is 1. The molecule has 9 nitrogen and oxygen atoms in total. The molecule has 36 heavy (non-hydrogen) atoms. The lowest BCUT2D eigenvalue weighted by Gasteiger charge is -2.14.